The molecule has 1 saturated heterocycles. The first-order chi connectivity index (χ1) is 15.1. The van der Waals surface area contributed by atoms with E-state index in [4.69, 9.17) is 13.9 Å². The molecule has 3 aromatic rings. The van der Waals surface area contributed by atoms with Crippen molar-refractivity contribution in [3.05, 3.63) is 83.6 Å². The lowest BCUT2D eigenvalue weighted by atomic mass is 10.2. The number of benzene rings is 2. The number of methoxy groups -OCH3 is 1. The topological polar surface area (TPSA) is 55.2 Å². The second kappa shape index (κ2) is 9.66. The SMILES string of the molecule is COc1ccc(CN2CCN(C(=O)c3ccc(COc4ccc(F)cc4)o3)CC2)cc1. The Balaban J connectivity index is 1.26. The van der Waals surface area contributed by atoms with Gasteiger partial charge in [-0.3, -0.25) is 9.69 Å². The lowest BCUT2D eigenvalue weighted by Gasteiger charge is -2.34. The van der Waals surface area contributed by atoms with Crippen LogP contribution in [0.5, 0.6) is 11.5 Å². The van der Waals surface area contributed by atoms with Crippen LogP contribution in [0.3, 0.4) is 0 Å². The standard InChI is InChI=1S/C24H25FN2O4/c1-29-20-6-2-18(3-7-20)16-26-12-14-27(15-13-26)24(28)23-11-10-22(31-23)17-30-21-8-4-19(25)5-9-21/h2-11H,12-17H2,1H3. The van der Waals surface area contributed by atoms with Gasteiger partial charge in [0.1, 0.15) is 29.7 Å². The zero-order valence-electron chi connectivity index (χ0n) is 17.4. The number of ether oxygens (including phenoxy) is 2. The summed E-state index contributed by atoms with van der Waals surface area (Å²) in [4.78, 5) is 16.9. The van der Waals surface area contributed by atoms with Gasteiger partial charge in [-0.05, 0) is 54.1 Å². The number of piperazine rings is 1. The number of nitrogens with zero attached hydrogens (tertiary/aromatic N) is 2. The minimum absolute atomic E-state index is 0.114. The zero-order valence-corrected chi connectivity index (χ0v) is 17.4. The van der Waals surface area contributed by atoms with Gasteiger partial charge in [0.15, 0.2) is 5.76 Å². The van der Waals surface area contributed by atoms with Gasteiger partial charge >= 0.3 is 0 Å². The largest absolute Gasteiger partial charge is 0.497 e. The molecule has 0 bridgehead atoms. The van der Waals surface area contributed by atoms with Crippen molar-refractivity contribution in [1.82, 2.24) is 9.80 Å². The Bertz CT molecular complexity index is 993. The molecule has 0 radical (unpaired) electrons. The fourth-order valence-electron chi connectivity index (χ4n) is 3.51. The van der Waals surface area contributed by atoms with Crippen molar-refractivity contribution in [2.24, 2.45) is 0 Å². The van der Waals surface area contributed by atoms with Gasteiger partial charge in [-0.25, -0.2) is 4.39 Å². The second-order valence-electron chi connectivity index (χ2n) is 7.42. The molecule has 0 aliphatic carbocycles. The summed E-state index contributed by atoms with van der Waals surface area (Å²) in [5.74, 6) is 1.81. The number of hydrogen-bond acceptors (Lipinski definition) is 5. The molecule has 162 valence electrons. The first kappa shape index (κ1) is 20.9. The summed E-state index contributed by atoms with van der Waals surface area (Å²) in [6.07, 6.45) is 0. The summed E-state index contributed by atoms with van der Waals surface area (Å²) < 4.78 is 29.4. The van der Waals surface area contributed by atoms with Gasteiger partial charge in [0.05, 0.1) is 7.11 Å². The van der Waals surface area contributed by atoms with Crippen molar-refractivity contribution in [3.63, 3.8) is 0 Å². The van der Waals surface area contributed by atoms with Gasteiger partial charge < -0.3 is 18.8 Å². The molecule has 4 rings (SSSR count). The first-order valence-corrected chi connectivity index (χ1v) is 10.2. The zero-order chi connectivity index (χ0) is 21.6. The van der Waals surface area contributed by atoms with Gasteiger partial charge in [0.2, 0.25) is 0 Å². The van der Waals surface area contributed by atoms with E-state index in [0.717, 1.165) is 25.4 Å². The van der Waals surface area contributed by atoms with E-state index in [1.807, 2.05) is 17.0 Å². The maximum absolute atomic E-state index is 13.0. The van der Waals surface area contributed by atoms with E-state index in [9.17, 15) is 9.18 Å². The number of furan rings is 1. The van der Waals surface area contributed by atoms with Crippen LogP contribution in [0.15, 0.2) is 65.1 Å². The fourth-order valence-corrected chi connectivity index (χ4v) is 3.51. The summed E-state index contributed by atoms with van der Waals surface area (Å²) in [6, 6.07) is 17.2. The fraction of sp³-hybridized carbons (Fsp3) is 0.292. The van der Waals surface area contributed by atoms with Crippen LogP contribution in [0.25, 0.3) is 0 Å². The van der Waals surface area contributed by atoms with E-state index < -0.39 is 0 Å². The van der Waals surface area contributed by atoms with E-state index in [-0.39, 0.29) is 18.3 Å². The van der Waals surface area contributed by atoms with Gasteiger partial charge in [-0.1, -0.05) is 12.1 Å². The van der Waals surface area contributed by atoms with Crippen LogP contribution >= 0.6 is 0 Å². The maximum Gasteiger partial charge on any atom is 0.289 e. The molecule has 2 aromatic carbocycles. The normalized spacial score (nSPS) is 14.5. The molecule has 6 nitrogen and oxygen atoms in total. The monoisotopic (exact) mass is 424 g/mol. The molecule has 0 spiro atoms. The predicted octanol–water partition coefficient (Wildman–Crippen LogP) is 3.96. The van der Waals surface area contributed by atoms with Crippen molar-refractivity contribution >= 4 is 5.91 Å². The molecule has 1 aromatic heterocycles. The highest BCUT2D eigenvalue weighted by atomic mass is 19.1. The summed E-state index contributed by atoms with van der Waals surface area (Å²) in [7, 11) is 1.66. The molecule has 7 heteroatoms. The van der Waals surface area contributed by atoms with E-state index in [2.05, 4.69) is 17.0 Å². The number of halogens is 1. The second-order valence-corrected chi connectivity index (χ2v) is 7.42. The molecule has 1 aliphatic rings. The van der Waals surface area contributed by atoms with Crippen LogP contribution in [0, 0.1) is 5.82 Å². The molecular formula is C24H25FN2O4. The molecule has 1 amide bonds. The Hall–Kier alpha value is -3.32. The molecule has 1 aliphatic heterocycles. The highest BCUT2D eigenvalue weighted by Gasteiger charge is 2.24. The van der Waals surface area contributed by atoms with Crippen LogP contribution in [0.4, 0.5) is 4.39 Å². The summed E-state index contributed by atoms with van der Waals surface area (Å²) in [6.45, 7) is 3.93. The average Bonchev–Trinajstić information content (AvgIpc) is 3.28. The van der Waals surface area contributed by atoms with E-state index in [0.29, 0.717) is 30.4 Å². The smallest absolute Gasteiger partial charge is 0.289 e. The molecule has 0 N–H and O–H groups in total. The highest BCUT2D eigenvalue weighted by Crippen LogP contribution is 2.18. The molecule has 0 unspecified atom stereocenters. The minimum Gasteiger partial charge on any atom is -0.497 e. The van der Waals surface area contributed by atoms with Crippen LogP contribution in [0.2, 0.25) is 0 Å². The number of hydrogen-bond donors (Lipinski definition) is 0. The molecular weight excluding hydrogens is 399 g/mol. The molecule has 1 fully saturated rings. The van der Waals surface area contributed by atoms with E-state index in [1.54, 1.807) is 31.4 Å². The van der Waals surface area contributed by atoms with Crippen LogP contribution in [-0.2, 0) is 13.2 Å². The van der Waals surface area contributed by atoms with E-state index in [1.165, 1.54) is 17.7 Å². The Morgan fingerprint density at radius 1 is 0.935 bits per heavy atom. The number of rotatable bonds is 7. The Labute approximate surface area is 180 Å². The molecule has 2 heterocycles. The van der Waals surface area contributed by atoms with Crippen molar-refractivity contribution in [1.29, 1.82) is 0 Å². The molecule has 0 atom stereocenters. The maximum atomic E-state index is 13.0. The first-order valence-electron chi connectivity index (χ1n) is 10.2. The average molecular weight is 424 g/mol. The third-order valence-electron chi connectivity index (χ3n) is 5.29. The van der Waals surface area contributed by atoms with E-state index >= 15 is 0 Å². The summed E-state index contributed by atoms with van der Waals surface area (Å²) >= 11 is 0. The van der Waals surface area contributed by atoms with Gasteiger partial charge in [0.25, 0.3) is 5.91 Å². The Morgan fingerprint density at radius 3 is 2.29 bits per heavy atom. The van der Waals surface area contributed by atoms with Crippen molar-refractivity contribution in [2.45, 2.75) is 13.2 Å². The van der Waals surface area contributed by atoms with Gasteiger partial charge in [0, 0.05) is 32.7 Å². The van der Waals surface area contributed by atoms with Gasteiger partial charge in [-0.15, -0.1) is 0 Å². The molecule has 31 heavy (non-hydrogen) atoms. The van der Waals surface area contributed by atoms with Crippen LogP contribution in [-0.4, -0.2) is 49.0 Å². The van der Waals surface area contributed by atoms with Crippen molar-refractivity contribution in [2.75, 3.05) is 33.3 Å². The Morgan fingerprint density at radius 2 is 1.61 bits per heavy atom. The Kier molecular flexibility index (Phi) is 6.52. The predicted molar refractivity (Wildman–Crippen MR) is 114 cm³/mol. The number of amides is 1. The van der Waals surface area contributed by atoms with Gasteiger partial charge in [-0.2, -0.15) is 0 Å². The highest BCUT2D eigenvalue weighted by molar-refractivity contribution is 5.91. The minimum atomic E-state index is -0.317. The van der Waals surface area contributed by atoms with Crippen molar-refractivity contribution in [3.8, 4) is 11.5 Å². The lowest BCUT2D eigenvalue weighted by molar-refractivity contribution is 0.0594. The number of carbonyl (C=O) groups excluding carboxylic acids is 1. The van der Waals surface area contributed by atoms with Crippen molar-refractivity contribution < 1.29 is 23.1 Å². The number of carbonyl (C=O) groups is 1. The summed E-state index contributed by atoms with van der Waals surface area (Å²) in [5.41, 5.74) is 1.22. The quantitative estimate of drug-likeness (QED) is 0.575. The van der Waals surface area contributed by atoms with Crippen LogP contribution < -0.4 is 9.47 Å². The third kappa shape index (κ3) is 5.44. The third-order valence-corrected chi connectivity index (χ3v) is 5.29. The molecule has 0 saturated carbocycles. The van der Waals surface area contributed by atoms with Crippen LogP contribution in [0.1, 0.15) is 21.9 Å². The lowest BCUT2D eigenvalue weighted by Crippen LogP contribution is -2.48. The summed E-state index contributed by atoms with van der Waals surface area (Å²) in [5, 5.41) is 0.